The smallest absolute Gasteiger partial charge is 0.340 e. The summed E-state index contributed by atoms with van der Waals surface area (Å²) >= 11 is 3.17. The van der Waals surface area contributed by atoms with Crippen molar-refractivity contribution < 1.29 is 13.2 Å². The molecule has 1 aromatic carbocycles. The van der Waals surface area contributed by atoms with Crippen molar-refractivity contribution in [3.05, 3.63) is 33.9 Å². The maximum atomic E-state index is 12.7. The standard InChI is InChI=1S/C11H6BrF3N2/c1-17-9-3-6(5-16)2-8(12)7(9)4-10(17)11(13,14)15/h2-4H,1H3. The summed E-state index contributed by atoms with van der Waals surface area (Å²) in [6.45, 7) is 0. The fourth-order valence-corrected chi connectivity index (χ4v) is 2.29. The molecule has 0 aliphatic carbocycles. The Balaban J connectivity index is 2.84. The number of hydrogen-bond acceptors (Lipinski definition) is 1. The summed E-state index contributed by atoms with van der Waals surface area (Å²) in [7, 11) is 1.33. The van der Waals surface area contributed by atoms with Crippen molar-refractivity contribution in [3.63, 3.8) is 0 Å². The highest BCUT2D eigenvalue weighted by Crippen LogP contribution is 2.36. The molecule has 0 saturated carbocycles. The molecule has 1 heterocycles. The third kappa shape index (κ3) is 1.91. The molecule has 0 N–H and O–H groups in total. The molecule has 0 saturated heterocycles. The Labute approximate surface area is 103 Å². The quantitative estimate of drug-likeness (QED) is 0.727. The van der Waals surface area contributed by atoms with Crippen molar-refractivity contribution in [2.24, 2.45) is 7.05 Å². The summed E-state index contributed by atoms with van der Waals surface area (Å²) in [5.74, 6) is 0. The normalized spacial score (nSPS) is 11.8. The Morgan fingerprint density at radius 1 is 1.29 bits per heavy atom. The summed E-state index contributed by atoms with van der Waals surface area (Å²) < 4.78 is 39.6. The lowest BCUT2D eigenvalue weighted by molar-refractivity contribution is -0.142. The summed E-state index contributed by atoms with van der Waals surface area (Å²) in [6.07, 6.45) is -4.40. The number of fused-ring (bicyclic) bond motifs is 1. The lowest BCUT2D eigenvalue weighted by atomic mass is 10.2. The van der Waals surface area contributed by atoms with Crippen molar-refractivity contribution in [2.45, 2.75) is 6.18 Å². The van der Waals surface area contributed by atoms with E-state index >= 15 is 0 Å². The largest absolute Gasteiger partial charge is 0.431 e. The zero-order chi connectivity index (χ0) is 12.8. The van der Waals surface area contributed by atoms with Crippen LogP contribution in [0, 0.1) is 11.3 Å². The van der Waals surface area contributed by atoms with Crippen molar-refractivity contribution in [2.75, 3.05) is 0 Å². The second-order valence-corrected chi connectivity index (χ2v) is 4.44. The van der Waals surface area contributed by atoms with E-state index in [0.29, 0.717) is 20.9 Å². The van der Waals surface area contributed by atoms with Crippen molar-refractivity contribution in [1.29, 1.82) is 5.26 Å². The molecule has 1 aromatic heterocycles. The van der Waals surface area contributed by atoms with E-state index in [-0.39, 0.29) is 0 Å². The number of nitrogens with zero attached hydrogens (tertiary/aromatic N) is 2. The molecular weight excluding hydrogens is 297 g/mol. The molecule has 0 radical (unpaired) electrons. The summed E-state index contributed by atoms with van der Waals surface area (Å²) in [4.78, 5) is 0. The van der Waals surface area contributed by atoms with Crippen LogP contribution in [0.1, 0.15) is 11.3 Å². The summed E-state index contributed by atoms with van der Waals surface area (Å²) in [6, 6.07) is 5.92. The number of hydrogen-bond donors (Lipinski definition) is 0. The lowest BCUT2D eigenvalue weighted by Gasteiger charge is -2.07. The number of aryl methyl sites for hydroxylation is 1. The van der Waals surface area contributed by atoms with E-state index in [4.69, 9.17) is 5.26 Å². The van der Waals surface area contributed by atoms with Gasteiger partial charge in [0.2, 0.25) is 0 Å². The van der Waals surface area contributed by atoms with Crippen molar-refractivity contribution >= 4 is 26.8 Å². The van der Waals surface area contributed by atoms with E-state index in [0.717, 1.165) is 10.6 Å². The Hall–Kier alpha value is -1.48. The zero-order valence-electron chi connectivity index (χ0n) is 8.64. The van der Waals surface area contributed by atoms with Gasteiger partial charge in [-0.25, -0.2) is 0 Å². The molecular formula is C11H6BrF3N2. The number of alkyl halides is 3. The molecule has 17 heavy (non-hydrogen) atoms. The minimum atomic E-state index is -4.40. The van der Waals surface area contributed by atoms with E-state index in [1.165, 1.54) is 19.2 Å². The van der Waals surface area contributed by atoms with E-state index in [1.807, 2.05) is 6.07 Å². The van der Waals surface area contributed by atoms with Gasteiger partial charge in [0.1, 0.15) is 5.69 Å². The van der Waals surface area contributed by atoms with Gasteiger partial charge in [-0.3, -0.25) is 0 Å². The Kier molecular flexibility index (Phi) is 2.66. The minimum Gasteiger partial charge on any atom is -0.340 e. The molecule has 0 fully saturated rings. The van der Waals surface area contributed by atoms with Crippen LogP contribution in [0.3, 0.4) is 0 Å². The van der Waals surface area contributed by atoms with E-state index in [1.54, 1.807) is 0 Å². The number of rotatable bonds is 0. The van der Waals surface area contributed by atoms with Gasteiger partial charge in [-0.2, -0.15) is 18.4 Å². The molecule has 6 heteroatoms. The summed E-state index contributed by atoms with van der Waals surface area (Å²) in [5.41, 5.74) is -0.0363. The van der Waals surface area contributed by atoms with Gasteiger partial charge in [-0.1, -0.05) is 15.9 Å². The fourth-order valence-electron chi connectivity index (χ4n) is 1.72. The molecule has 0 amide bonds. The number of aromatic nitrogens is 1. The first-order valence-electron chi connectivity index (χ1n) is 4.61. The predicted octanol–water partition coefficient (Wildman–Crippen LogP) is 3.83. The molecule has 2 rings (SSSR count). The van der Waals surface area contributed by atoms with Gasteiger partial charge in [0.25, 0.3) is 0 Å². The van der Waals surface area contributed by atoms with Crippen LogP contribution in [0.5, 0.6) is 0 Å². The van der Waals surface area contributed by atoms with Crippen LogP contribution < -0.4 is 0 Å². The highest BCUT2D eigenvalue weighted by molar-refractivity contribution is 9.10. The Morgan fingerprint density at radius 3 is 2.47 bits per heavy atom. The number of halogens is 4. The van der Waals surface area contributed by atoms with Gasteiger partial charge in [-0.15, -0.1) is 0 Å². The van der Waals surface area contributed by atoms with E-state index in [9.17, 15) is 13.2 Å². The predicted molar refractivity (Wildman–Crippen MR) is 60.3 cm³/mol. The van der Waals surface area contributed by atoms with Crippen molar-refractivity contribution in [3.8, 4) is 6.07 Å². The molecule has 2 nitrogen and oxygen atoms in total. The third-order valence-electron chi connectivity index (χ3n) is 2.53. The lowest BCUT2D eigenvalue weighted by Crippen LogP contribution is -2.10. The first kappa shape index (κ1) is 12.0. The van der Waals surface area contributed by atoms with Crippen LogP contribution in [0.2, 0.25) is 0 Å². The van der Waals surface area contributed by atoms with Gasteiger partial charge in [0.15, 0.2) is 0 Å². The molecule has 0 aliphatic rings. The Bertz CT molecular complexity index is 635. The van der Waals surface area contributed by atoms with Crippen LogP contribution in [0.4, 0.5) is 13.2 Å². The molecule has 0 unspecified atom stereocenters. The van der Waals surface area contributed by atoms with Gasteiger partial charge in [0.05, 0.1) is 17.1 Å². The van der Waals surface area contributed by atoms with Gasteiger partial charge >= 0.3 is 6.18 Å². The average Bonchev–Trinajstić information content (AvgIpc) is 2.56. The van der Waals surface area contributed by atoms with E-state index < -0.39 is 11.9 Å². The number of benzene rings is 1. The highest BCUT2D eigenvalue weighted by Gasteiger charge is 2.34. The topological polar surface area (TPSA) is 28.7 Å². The molecule has 2 aromatic rings. The third-order valence-corrected chi connectivity index (χ3v) is 3.19. The first-order valence-corrected chi connectivity index (χ1v) is 5.40. The second kappa shape index (κ2) is 3.77. The molecule has 0 spiro atoms. The monoisotopic (exact) mass is 302 g/mol. The van der Waals surface area contributed by atoms with Gasteiger partial charge in [0, 0.05) is 16.9 Å². The van der Waals surface area contributed by atoms with Crippen LogP contribution in [-0.4, -0.2) is 4.57 Å². The maximum absolute atomic E-state index is 12.7. The van der Waals surface area contributed by atoms with Gasteiger partial charge < -0.3 is 4.57 Å². The second-order valence-electron chi connectivity index (χ2n) is 3.59. The highest BCUT2D eigenvalue weighted by atomic mass is 79.9. The van der Waals surface area contributed by atoms with Crippen LogP contribution in [0.25, 0.3) is 10.9 Å². The molecule has 88 valence electrons. The fraction of sp³-hybridized carbons (Fsp3) is 0.182. The minimum absolute atomic E-state index is 0.319. The molecule has 0 aliphatic heterocycles. The van der Waals surface area contributed by atoms with E-state index in [2.05, 4.69) is 15.9 Å². The van der Waals surface area contributed by atoms with Crippen LogP contribution in [0.15, 0.2) is 22.7 Å². The zero-order valence-corrected chi connectivity index (χ0v) is 10.2. The Morgan fingerprint density at radius 2 is 1.94 bits per heavy atom. The van der Waals surface area contributed by atoms with Crippen molar-refractivity contribution in [1.82, 2.24) is 4.57 Å². The summed E-state index contributed by atoms with van der Waals surface area (Å²) in [5, 5.41) is 9.22. The number of nitriles is 1. The first-order chi connectivity index (χ1) is 7.84. The SMILES string of the molecule is Cn1c(C(F)(F)F)cc2c(Br)cc(C#N)cc21. The van der Waals surface area contributed by atoms with Gasteiger partial charge in [-0.05, 0) is 18.2 Å². The average molecular weight is 303 g/mol. The van der Waals surface area contributed by atoms with Crippen LogP contribution >= 0.6 is 15.9 Å². The maximum Gasteiger partial charge on any atom is 0.431 e. The molecule has 0 atom stereocenters. The van der Waals surface area contributed by atoms with Crippen LogP contribution in [-0.2, 0) is 13.2 Å². The molecule has 0 bridgehead atoms.